The van der Waals surface area contributed by atoms with Gasteiger partial charge in [-0.3, -0.25) is 19.7 Å². The summed E-state index contributed by atoms with van der Waals surface area (Å²) in [4.78, 5) is 47.2. The van der Waals surface area contributed by atoms with E-state index in [4.69, 9.17) is 16.3 Å². The van der Waals surface area contributed by atoms with Crippen molar-refractivity contribution in [2.45, 2.75) is 6.92 Å². The van der Waals surface area contributed by atoms with E-state index in [1.807, 2.05) is 0 Å². The molecule has 0 aliphatic carbocycles. The van der Waals surface area contributed by atoms with Crippen molar-refractivity contribution in [1.82, 2.24) is 5.43 Å². The van der Waals surface area contributed by atoms with Crippen molar-refractivity contribution in [3.63, 3.8) is 0 Å². The van der Waals surface area contributed by atoms with Gasteiger partial charge in [-0.1, -0.05) is 35.9 Å². The van der Waals surface area contributed by atoms with E-state index in [2.05, 4.69) is 15.8 Å². The molecule has 11 heteroatoms. The Balaban J connectivity index is 1.72. The Morgan fingerprint density at radius 2 is 1.53 bits per heavy atom. The van der Waals surface area contributed by atoms with Crippen LogP contribution < -0.4 is 15.5 Å². The fourth-order valence-corrected chi connectivity index (χ4v) is 2.91. The number of hydrogen-bond donors (Lipinski definition) is 2. The second-order valence-corrected chi connectivity index (χ2v) is 7.20. The van der Waals surface area contributed by atoms with Gasteiger partial charge in [-0.05, 0) is 49.4 Å². The van der Waals surface area contributed by atoms with Gasteiger partial charge in [-0.25, -0.2) is 10.2 Å². The summed E-state index contributed by atoms with van der Waals surface area (Å²) in [5, 5.41) is 18.0. The number of nitro groups is 1. The highest BCUT2D eigenvalue weighted by Crippen LogP contribution is 2.23. The molecule has 3 rings (SSSR count). The lowest BCUT2D eigenvalue weighted by Gasteiger charge is -2.10. The van der Waals surface area contributed by atoms with Gasteiger partial charge in [-0.15, -0.1) is 0 Å². The Labute approximate surface area is 198 Å². The fourth-order valence-electron chi connectivity index (χ4n) is 2.78. The highest BCUT2D eigenvalue weighted by molar-refractivity contribution is 6.39. The highest BCUT2D eigenvalue weighted by Gasteiger charge is 2.22. The Morgan fingerprint density at radius 3 is 2.21 bits per heavy atom. The first-order valence-corrected chi connectivity index (χ1v) is 10.1. The van der Waals surface area contributed by atoms with Crippen LogP contribution in [0, 0.1) is 10.1 Å². The zero-order valence-electron chi connectivity index (χ0n) is 17.7. The second kappa shape index (κ2) is 10.8. The van der Waals surface area contributed by atoms with E-state index in [-0.39, 0.29) is 17.0 Å². The number of esters is 1. The van der Waals surface area contributed by atoms with Gasteiger partial charge >= 0.3 is 17.8 Å². The molecule has 0 heterocycles. The van der Waals surface area contributed by atoms with Gasteiger partial charge in [0, 0.05) is 22.3 Å². The van der Waals surface area contributed by atoms with Crippen LogP contribution in [-0.2, 0) is 9.59 Å². The minimum atomic E-state index is -1.02. The molecule has 0 radical (unpaired) electrons. The summed E-state index contributed by atoms with van der Waals surface area (Å²) in [6.07, 6.45) is 0. The zero-order chi connectivity index (χ0) is 24.7. The number of nitro benzene ring substituents is 1. The molecule has 0 aromatic heterocycles. The Kier molecular flexibility index (Phi) is 7.67. The van der Waals surface area contributed by atoms with Crippen LogP contribution in [-0.4, -0.2) is 28.4 Å². The number of amides is 2. The number of hydrazone groups is 1. The minimum Gasteiger partial charge on any atom is -0.422 e. The number of para-hydroxylation sites is 2. The maximum Gasteiger partial charge on any atom is 0.350 e. The van der Waals surface area contributed by atoms with Gasteiger partial charge in [0.1, 0.15) is 11.3 Å². The molecule has 0 atom stereocenters. The van der Waals surface area contributed by atoms with Crippen molar-refractivity contribution in [3.05, 3.63) is 99.1 Å². The molecule has 0 saturated heterocycles. The molecule has 0 aliphatic rings. The number of nitrogens with zero attached hydrogens (tertiary/aromatic N) is 2. The van der Waals surface area contributed by atoms with Crippen molar-refractivity contribution >= 4 is 46.5 Å². The van der Waals surface area contributed by atoms with Crippen molar-refractivity contribution in [2.24, 2.45) is 5.10 Å². The van der Waals surface area contributed by atoms with Gasteiger partial charge in [0.25, 0.3) is 5.69 Å². The average molecular weight is 481 g/mol. The van der Waals surface area contributed by atoms with Gasteiger partial charge in [-0.2, -0.15) is 5.10 Å². The quantitative estimate of drug-likeness (QED) is 0.137. The van der Waals surface area contributed by atoms with Crippen LogP contribution in [0.4, 0.5) is 11.4 Å². The molecule has 0 fully saturated rings. The minimum absolute atomic E-state index is 0.0618. The summed E-state index contributed by atoms with van der Waals surface area (Å²) in [5.41, 5.74) is 2.44. The van der Waals surface area contributed by atoms with Crippen LogP contribution in [0.1, 0.15) is 22.8 Å². The molecule has 34 heavy (non-hydrogen) atoms. The monoisotopic (exact) mass is 480 g/mol. The number of benzene rings is 3. The van der Waals surface area contributed by atoms with Crippen LogP contribution in [0.15, 0.2) is 77.9 Å². The highest BCUT2D eigenvalue weighted by atomic mass is 35.5. The molecule has 3 aromatic rings. The summed E-state index contributed by atoms with van der Waals surface area (Å²) >= 11 is 5.78. The van der Waals surface area contributed by atoms with Crippen LogP contribution in [0.5, 0.6) is 5.75 Å². The van der Waals surface area contributed by atoms with Crippen molar-refractivity contribution < 1.29 is 24.0 Å². The lowest BCUT2D eigenvalue weighted by Crippen LogP contribution is -2.33. The number of hydrogen-bond acceptors (Lipinski definition) is 7. The summed E-state index contributed by atoms with van der Waals surface area (Å²) < 4.78 is 5.36. The van der Waals surface area contributed by atoms with Crippen LogP contribution in [0.2, 0.25) is 5.02 Å². The zero-order valence-corrected chi connectivity index (χ0v) is 18.4. The number of carbonyl (C=O) groups is 3. The number of halogens is 1. The van der Waals surface area contributed by atoms with Crippen LogP contribution in [0.3, 0.4) is 0 Å². The first-order valence-electron chi connectivity index (χ1n) is 9.72. The molecule has 172 valence electrons. The van der Waals surface area contributed by atoms with Crippen LogP contribution >= 0.6 is 11.6 Å². The third-order valence-electron chi connectivity index (χ3n) is 4.43. The van der Waals surface area contributed by atoms with E-state index >= 15 is 0 Å². The number of anilines is 1. The van der Waals surface area contributed by atoms with Crippen molar-refractivity contribution in [2.75, 3.05) is 5.32 Å². The van der Waals surface area contributed by atoms with Gasteiger partial charge in [0.15, 0.2) is 0 Å². The predicted octanol–water partition coefficient (Wildman–Crippen LogP) is 3.95. The van der Waals surface area contributed by atoms with E-state index in [9.17, 15) is 24.5 Å². The molecule has 3 aromatic carbocycles. The number of ether oxygens (including phenoxy) is 1. The summed E-state index contributed by atoms with van der Waals surface area (Å²) in [5.74, 6) is -2.84. The van der Waals surface area contributed by atoms with Crippen molar-refractivity contribution in [1.29, 1.82) is 0 Å². The molecular weight excluding hydrogens is 464 g/mol. The molecule has 10 nitrogen and oxygen atoms in total. The van der Waals surface area contributed by atoms with E-state index in [0.29, 0.717) is 16.3 Å². The molecule has 2 N–H and O–H groups in total. The Morgan fingerprint density at radius 1 is 0.912 bits per heavy atom. The molecule has 0 aliphatic heterocycles. The predicted molar refractivity (Wildman–Crippen MR) is 125 cm³/mol. The lowest BCUT2D eigenvalue weighted by atomic mass is 10.1. The van der Waals surface area contributed by atoms with Gasteiger partial charge in [0.2, 0.25) is 0 Å². The molecule has 0 unspecified atom stereocenters. The van der Waals surface area contributed by atoms with Gasteiger partial charge in [0.05, 0.1) is 10.6 Å². The smallest absolute Gasteiger partial charge is 0.350 e. The molecular formula is C23H17ClN4O6. The fraction of sp³-hybridized carbons (Fsp3) is 0.0435. The van der Waals surface area contributed by atoms with Crippen LogP contribution in [0.25, 0.3) is 0 Å². The van der Waals surface area contributed by atoms with E-state index in [1.165, 1.54) is 49.4 Å². The van der Waals surface area contributed by atoms with E-state index in [0.717, 1.165) is 0 Å². The largest absolute Gasteiger partial charge is 0.422 e. The number of rotatable bonds is 6. The average Bonchev–Trinajstić information content (AvgIpc) is 2.84. The molecule has 0 saturated carbocycles. The standard InChI is InChI=1S/C23H17ClN4O6/c1-14(26-27-22(30)21(29)25-16-12-10-15(24)11-13-16)17-6-3-5-9-20(17)34-23(31)18-7-2-4-8-19(18)28(32)33/h2-13H,1H3,(H,25,29)(H,27,30)/b26-14+. The maximum absolute atomic E-state index is 12.6. The normalized spacial score (nSPS) is 10.8. The number of nitrogens with one attached hydrogen (secondary N) is 2. The third kappa shape index (κ3) is 6.02. The topological polar surface area (TPSA) is 140 Å². The Bertz CT molecular complexity index is 1290. The first kappa shape index (κ1) is 24.1. The SMILES string of the molecule is C/C(=N\NC(=O)C(=O)Nc1ccc(Cl)cc1)c1ccccc1OC(=O)c1ccccc1[N+](=O)[O-]. The summed E-state index contributed by atoms with van der Waals surface area (Å²) in [6.45, 7) is 1.52. The number of carbonyl (C=O) groups excluding carboxylic acids is 3. The van der Waals surface area contributed by atoms with E-state index < -0.39 is 28.4 Å². The van der Waals surface area contributed by atoms with Crippen molar-refractivity contribution in [3.8, 4) is 5.75 Å². The van der Waals surface area contributed by atoms with Gasteiger partial charge < -0.3 is 10.1 Å². The third-order valence-corrected chi connectivity index (χ3v) is 4.69. The van der Waals surface area contributed by atoms with E-state index in [1.54, 1.807) is 30.3 Å². The second-order valence-electron chi connectivity index (χ2n) is 6.76. The molecule has 2 amide bonds. The summed E-state index contributed by atoms with van der Waals surface area (Å²) in [6, 6.07) is 17.8. The lowest BCUT2D eigenvalue weighted by molar-refractivity contribution is -0.385. The first-order chi connectivity index (χ1) is 16.3. The maximum atomic E-state index is 12.6. The molecule has 0 spiro atoms. The Hall–Kier alpha value is -4.57. The molecule has 0 bridgehead atoms. The summed E-state index contributed by atoms with van der Waals surface area (Å²) in [7, 11) is 0.